The van der Waals surface area contributed by atoms with E-state index in [-0.39, 0.29) is 30.5 Å². The molecule has 3 rings (SSSR count). The van der Waals surface area contributed by atoms with Crippen molar-refractivity contribution in [3.8, 4) is 5.75 Å². The van der Waals surface area contributed by atoms with Gasteiger partial charge in [-0.05, 0) is 18.1 Å². The van der Waals surface area contributed by atoms with Gasteiger partial charge in [0.25, 0.3) is 5.91 Å². The number of hydrogen-bond donors (Lipinski definition) is 2. The summed E-state index contributed by atoms with van der Waals surface area (Å²) in [6.07, 6.45) is 0.585. The number of carbonyl (C=O) groups is 1. The summed E-state index contributed by atoms with van der Waals surface area (Å²) in [6.45, 7) is 0.601. The molecular formula is C18H20Cl2N2O3. The van der Waals surface area contributed by atoms with Crippen LogP contribution in [0.2, 0.25) is 5.02 Å². The monoisotopic (exact) mass is 382 g/mol. The van der Waals surface area contributed by atoms with E-state index in [4.69, 9.17) is 26.8 Å². The zero-order chi connectivity index (χ0) is 17.1. The Morgan fingerprint density at radius 1 is 1.32 bits per heavy atom. The Hall–Kier alpha value is -1.95. The second-order valence-electron chi connectivity index (χ2n) is 5.64. The highest BCUT2D eigenvalue weighted by Gasteiger charge is 2.31. The zero-order valence-electron chi connectivity index (χ0n) is 13.7. The molecule has 0 spiro atoms. The molecule has 2 aromatic rings. The van der Waals surface area contributed by atoms with E-state index in [2.05, 4.69) is 5.32 Å². The summed E-state index contributed by atoms with van der Waals surface area (Å²) >= 11 is 6.04. The second-order valence-corrected chi connectivity index (χ2v) is 6.05. The Balaban J connectivity index is 0.00000225. The lowest BCUT2D eigenvalue weighted by Crippen LogP contribution is -2.37. The molecule has 0 saturated carbocycles. The molecule has 2 aromatic carbocycles. The van der Waals surface area contributed by atoms with Gasteiger partial charge in [-0.25, -0.2) is 0 Å². The van der Waals surface area contributed by atoms with Crippen LogP contribution in [0.1, 0.15) is 28.4 Å². The minimum atomic E-state index is -0.259. The van der Waals surface area contributed by atoms with E-state index in [9.17, 15) is 4.79 Å². The number of benzene rings is 2. The predicted octanol–water partition coefficient (Wildman–Crippen LogP) is 3.61. The summed E-state index contributed by atoms with van der Waals surface area (Å²) in [4.78, 5) is 12.7. The van der Waals surface area contributed by atoms with E-state index in [1.54, 1.807) is 6.07 Å². The average Bonchev–Trinajstić information content (AvgIpc) is 3.05. The first-order valence-corrected chi connectivity index (χ1v) is 8.08. The maximum absolute atomic E-state index is 12.7. The van der Waals surface area contributed by atoms with E-state index in [1.165, 1.54) is 13.2 Å². The smallest absolute Gasteiger partial charge is 0.255 e. The lowest BCUT2D eigenvalue weighted by atomic mass is 10.0. The number of nitrogens with one attached hydrogen (secondary N) is 1. The van der Waals surface area contributed by atoms with Gasteiger partial charge in [0, 0.05) is 12.7 Å². The largest absolute Gasteiger partial charge is 0.496 e. The summed E-state index contributed by atoms with van der Waals surface area (Å²) in [5.41, 5.74) is 7.54. The van der Waals surface area contributed by atoms with Crippen molar-refractivity contribution in [1.29, 1.82) is 0 Å². The Bertz CT molecular complexity index is 741. The van der Waals surface area contributed by atoms with Crippen molar-refractivity contribution in [2.45, 2.75) is 18.6 Å². The number of nitrogen functional groups attached to an aromatic ring is 1. The van der Waals surface area contributed by atoms with Gasteiger partial charge < -0.3 is 20.5 Å². The van der Waals surface area contributed by atoms with Crippen LogP contribution in [0.4, 0.5) is 5.69 Å². The van der Waals surface area contributed by atoms with Crippen LogP contribution in [0.5, 0.6) is 5.75 Å². The van der Waals surface area contributed by atoms with Gasteiger partial charge in [0.05, 0.1) is 29.4 Å². The first-order chi connectivity index (χ1) is 11.6. The van der Waals surface area contributed by atoms with Gasteiger partial charge in [0.1, 0.15) is 11.9 Å². The highest BCUT2D eigenvalue weighted by Crippen LogP contribution is 2.31. The Morgan fingerprint density at radius 3 is 2.72 bits per heavy atom. The summed E-state index contributed by atoms with van der Waals surface area (Å²) in [7, 11) is 1.49. The minimum absolute atomic E-state index is 0. The third kappa shape index (κ3) is 4.18. The number of carbonyl (C=O) groups excluding carboxylic acids is 1. The molecule has 0 aliphatic carbocycles. The van der Waals surface area contributed by atoms with Crippen LogP contribution in [0.3, 0.4) is 0 Å². The Morgan fingerprint density at radius 2 is 2.04 bits per heavy atom. The topological polar surface area (TPSA) is 73.6 Å². The number of rotatable bonds is 4. The number of ether oxygens (including phenoxy) is 2. The quantitative estimate of drug-likeness (QED) is 0.792. The molecule has 5 nitrogen and oxygen atoms in total. The van der Waals surface area contributed by atoms with E-state index < -0.39 is 0 Å². The molecular weight excluding hydrogens is 363 g/mol. The third-order valence-corrected chi connectivity index (χ3v) is 4.43. The molecule has 2 atom stereocenters. The maximum Gasteiger partial charge on any atom is 0.255 e. The van der Waals surface area contributed by atoms with Crippen LogP contribution in [0.15, 0.2) is 42.5 Å². The predicted molar refractivity (Wildman–Crippen MR) is 101 cm³/mol. The fourth-order valence-corrected chi connectivity index (χ4v) is 3.03. The van der Waals surface area contributed by atoms with Crippen molar-refractivity contribution in [1.82, 2.24) is 5.32 Å². The third-order valence-electron chi connectivity index (χ3n) is 4.10. The van der Waals surface area contributed by atoms with E-state index >= 15 is 0 Å². The van der Waals surface area contributed by atoms with Crippen molar-refractivity contribution in [2.75, 3.05) is 19.5 Å². The number of hydrogen-bond acceptors (Lipinski definition) is 4. The van der Waals surface area contributed by atoms with Gasteiger partial charge >= 0.3 is 0 Å². The molecule has 0 aromatic heterocycles. The number of halogens is 2. The van der Waals surface area contributed by atoms with Gasteiger partial charge in [-0.1, -0.05) is 41.9 Å². The van der Waals surface area contributed by atoms with Crippen LogP contribution in [0.25, 0.3) is 0 Å². The van der Waals surface area contributed by atoms with Crippen LogP contribution in [-0.2, 0) is 4.74 Å². The molecule has 134 valence electrons. The van der Waals surface area contributed by atoms with Crippen LogP contribution in [0, 0.1) is 0 Å². The molecule has 1 heterocycles. The molecule has 0 radical (unpaired) electrons. The fourth-order valence-electron chi connectivity index (χ4n) is 2.87. The SMILES string of the molecule is COc1cc(N)c(Cl)cc1C(=O)NC1CCOC1c1ccccc1.Cl. The zero-order valence-corrected chi connectivity index (χ0v) is 15.3. The second kappa shape index (κ2) is 8.43. The molecule has 1 fully saturated rings. The summed E-state index contributed by atoms with van der Waals surface area (Å²) in [5, 5.41) is 3.34. The van der Waals surface area contributed by atoms with Gasteiger partial charge in [-0.15, -0.1) is 12.4 Å². The fraction of sp³-hybridized carbons (Fsp3) is 0.278. The van der Waals surface area contributed by atoms with Gasteiger partial charge in [-0.2, -0.15) is 0 Å². The number of amides is 1. The van der Waals surface area contributed by atoms with E-state index in [1.807, 2.05) is 30.3 Å². The van der Waals surface area contributed by atoms with Gasteiger partial charge in [0.2, 0.25) is 0 Å². The first kappa shape index (κ1) is 19.4. The lowest BCUT2D eigenvalue weighted by Gasteiger charge is -2.21. The molecule has 1 aliphatic heterocycles. The normalized spacial score (nSPS) is 19.1. The van der Waals surface area contributed by atoms with Crippen molar-refractivity contribution < 1.29 is 14.3 Å². The van der Waals surface area contributed by atoms with Crippen LogP contribution in [-0.4, -0.2) is 25.7 Å². The van der Waals surface area contributed by atoms with Gasteiger partial charge in [-0.3, -0.25) is 4.79 Å². The maximum atomic E-state index is 12.7. The lowest BCUT2D eigenvalue weighted by molar-refractivity contribution is 0.0819. The molecule has 25 heavy (non-hydrogen) atoms. The minimum Gasteiger partial charge on any atom is -0.496 e. The summed E-state index contributed by atoms with van der Waals surface area (Å²) in [6, 6.07) is 12.8. The van der Waals surface area contributed by atoms with Crippen LogP contribution < -0.4 is 15.8 Å². The molecule has 1 aliphatic rings. The summed E-state index contributed by atoms with van der Waals surface area (Å²) in [5.74, 6) is 0.134. The number of methoxy groups -OCH3 is 1. The Labute approximate surface area is 157 Å². The van der Waals surface area contributed by atoms with E-state index in [0.717, 1.165) is 12.0 Å². The van der Waals surface area contributed by atoms with Crippen molar-refractivity contribution in [3.63, 3.8) is 0 Å². The van der Waals surface area contributed by atoms with Crippen molar-refractivity contribution in [3.05, 3.63) is 58.6 Å². The molecule has 1 amide bonds. The van der Waals surface area contributed by atoms with Gasteiger partial charge in [0.15, 0.2) is 0 Å². The molecule has 1 saturated heterocycles. The molecule has 7 heteroatoms. The van der Waals surface area contributed by atoms with Crippen molar-refractivity contribution in [2.24, 2.45) is 0 Å². The number of nitrogens with two attached hydrogens (primary N) is 1. The standard InChI is InChI=1S/C18H19ClN2O3.ClH/c1-23-16-10-14(20)13(19)9-12(16)18(22)21-15-7-8-24-17(15)11-5-3-2-4-6-11;/h2-6,9-10,15,17H,7-8,20H2,1H3,(H,21,22);1H. The highest BCUT2D eigenvalue weighted by molar-refractivity contribution is 6.33. The van der Waals surface area contributed by atoms with Crippen LogP contribution >= 0.6 is 24.0 Å². The summed E-state index contributed by atoms with van der Waals surface area (Å²) < 4.78 is 11.0. The molecule has 0 bridgehead atoms. The van der Waals surface area contributed by atoms with E-state index in [0.29, 0.717) is 28.6 Å². The molecule has 2 unspecified atom stereocenters. The highest BCUT2D eigenvalue weighted by atomic mass is 35.5. The Kier molecular flexibility index (Phi) is 6.53. The molecule has 3 N–H and O–H groups in total. The first-order valence-electron chi connectivity index (χ1n) is 7.70. The average molecular weight is 383 g/mol. The van der Waals surface area contributed by atoms with Crippen molar-refractivity contribution >= 4 is 35.6 Å². The number of anilines is 1.